The van der Waals surface area contributed by atoms with Gasteiger partial charge in [-0.2, -0.15) is 0 Å². The minimum Gasteiger partial charge on any atom is -0.493 e. The SMILES string of the molecule is C=C\C(=C/C(=C\C=C\C)OCC1CCC2(CCC2)CC1)CC1=CCCO[C@@H](CCC(=O)O)C1. The van der Waals surface area contributed by atoms with Crippen LogP contribution in [0.4, 0.5) is 0 Å². The fourth-order valence-electron chi connectivity index (χ4n) is 5.35. The summed E-state index contributed by atoms with van der Waals surface area (Å²) in [7, 11) is 0. The molecule has 0 saturated heterocycles. The topological polar surface area (TPSA) is 55.8 Å². The number of carbonyl (C=O) groups is 1. The van der Waals surface area contributed by atoms with E-state index in [2.05, 4.69) is 18.7 Å². The molecule has 182 valence electrons. The van der Waals surface area contributed by atoms with E-state index in [0.717, 1.165) is 37.2 Å². The monoisotopic (exact) mass is 454 g/mol. The first kappa shape index (κ1) is 25.6. The lowest BCUT2D eigenvalue weighted by atomic mass is 9.59. The molecular weight excluding hydrogens is 412 g/mol. The number of rotatable bonds is 11. The Balaban J connectivity index is 1.57. The highest BCUT2D eigenvalue weighted by Crippen LogP contribution is 2.52. The molecule has 1 spiro atoms. The van der Waals surface area contributed by atoms with Crippen molar-refractivity contribution in [2.24, 2.45) is 11.3 Å². The highest BCUT2D eigenvalue weighted by atomic mass is 16.5. The normalized spacial score (nSPS) is 24.3. The lowest BCUT2D eigenvalue weighted by Gasteiger charge is -2.47. The van der Waals surface area contributed by atoms with E-state index in [1.807, 2.05) is 31.2 Å². The number of carboxylic acid groups (broad SMARTS) is 1. The molecule has 1 N–H and O–H groups in total. The molecule has 4 nitrogen and oxygen atoms in total. The van der Waals surface area contributed by atoms with Crippen molar-refractivity contribution in [2.75, 3.05) is 13.2 Å². The average molecular weight is 455 g/mol. The third kappa shape index (κ3) is 8.33. The molecular formula is C29H42O4. The second-order valence-electron chi connectivity index (χ2n) is 10.1. The summed E-state index contributed by atoms with van der Waals surface area (Å²) in [5.41, 5.74) is 3.10. The van der Waals surface area contributed by atoms with Crippen molar-refractivity contribution in [3.05, 3.63) is 59.9 Å². The van der Waals surface area contributed by atoms with Gasteiger partial charge < -0.3 is 14.6 Å². The zero-order valence-corrected chi connectivity index (χ0v) is 20.4. The number of hydrogen-bond acceptors (Lipinski definition) is 3. The van der Waals surface area contributed by atoms with E-state index < -0.39 is 5.97 Å². The number of ether oxygens (including phenoxy) is 2. The lowest BCUT2D eigenvalue weighted by Crippen LogP contribution is -2.34. The Morgan fingerprint density at radius 2 is 2.09 bits per heavy atom. The zero-order chi connectivity index (χ0) is 23.5. The van der Waals surface area contributed by atoms with Crippen LogP contribution in [0.3, 0.4) is 0 Å². The first-order valence-corrected chi connectivity index (χ1v) is 12.8. The number of aliphatic carboxylic acids is 1. The summed E-state index contributed by atoms with van der Waals surface area (Å²) >= 11 is 0. The maximum absolute atomic E-state index is 10.9. The zero-order valence-electron chi connectivity index (χ0n) is 20.4. The summed E-state index contributed by atoms with van der Waals surface area (Å²) in [5, 5.41) is 9.00. The van der Waals surface area contributed by atoms with Crippen molar-refractivity contribution in [1.29, 1.82) is 0 Å². The van der Waals surface area contributed by atoms with Crippen molar-refractivity contribution >= 4 is 5.97 Å². The minimum absolute atomic E-state index is 0.0273. The molecule has 4 heteroatoms. The summed E-state index contributed by atoms with van der Waals surface area (Å²) in [6.07, 6.45) is 25.1. The molecule has 0 unspecified atom stereocenters. The van der Waals surface area contributed by atoms with Gasteiger partial charge >= 0.3 is 5.97 Å². The first-order valence-electron chi connectivity index (χ1n) is 12.8. The van der Waals surface area contributed by atoms with Crippen LogP contribution in [0.15, 0.2) is 59.9 Å². The summed E-state index contributed by atoms with van der Waals surface area (Å²) in [6.45, 7) is 7.49. The molecule has 2 saturated carbocycles. The van der Waals surface area contributed by atoms with Gasteiger partial charge in [0.05, 0.1) is 19.3 Å². The lowest BCUT2D eigenvalue weighted by molar-refractivity contribution is -0.137. The van der Waals surface area contributed by atoms with Gasteiger partial charge in [-0.1, -0.05) is 42.9 Å². The predicted octanol–water partition coefficient (Wildman–Crippen LogP) is 7.30. The fraction of sp³-hybridized carbons (Fsp3) is 0.621. The summed E-state index contributed by atoms with van der Waals surface area (Å²) < 4.78 is 12.2. The largest absolute Gasteiger partial charge is 0.493 e. The van der Waals surface area contributed by atoms with E-state index in [4.69, 9.17) is 14.6 Å². The second kappa shape index (κ2) is 13.0. The molecule has 1 heterocycles. The van der Waals surface area contributed by atoms with Gasteiger partial charge in [0.2, 0.25) is 0 Å². The van der Waals surface area contributed by atoms with Crippen molar-refractivity contribution in [3.8, 4) is 0 Å². The van der Waals surface area contributed by atoms with Crippen molar-refractivity contribution in [2.45, 2.75) is 90.1 Å². The molecule has 0 aromatic heterocycles. The van der Waals surface area contributed by atoms with Gasteiger partial charge in [-0.3, -0.25) is 4.79 Å². The van der Waals surface area contributed by atoms with Crippen molar-refractivity contribution < 1.29 is 19.4 Å². The van der Waals surface area contributed by atoms with Crippen LogP contribution in [0.5, 0.6) is 0 Å². The quantitative estimate of drug-likeness (QED) is 0.202. The smallest absolute Gasteiger partial charge is 0.303 e. The van der Waals surface area contributed by atoms with Crippen LogP contribution in [0, 0.1) is 11.3 Å². The van der Waals surface area contributed by atoms with Gasteiger partial charge in [0.1, 0.15) is 5.76 Å². The van der Waals surface area contributed by atoms with Gasteiger partial charge in [0.25, 0.3) is 0 Å². The van der Waals surface area contributed by atoms with E-state index in [1.165, 1.54) is 50.5 Å². The van der Waals surface area contributed by atoms with Crippen molar-refractivity contribution in [3.63, 3.8) is 0 Å². The van der Waals surface area contributed by atoms with E-state index in [-0.39, 0.29) is 12.5 Å². The Labute approximate surface area is 200 Å². The molecule has 0 aromatic rings. The Bertz CT molecular complexity index is 771. The highest BCUT2D eigenvalue weighted by molar-refractivity contribution is 5.66. The Kier molecular flexibility index (Phi) is 10.1. The van der Waals surface area contributed by atoms with Crippen LogP contribution in [-0.2, 0) is 14.3 Å². The molecule has 2 fully saturated rings. The van der Waals surface area contributed by atoms with Gasteiger partial charge in [0.15, 0.2) is 0 Å². The first-order chi connectivity index (χ1) is 16.0. The predicted molar refractivity (Wildman–Crippen MR) is 134 cm³/mol. The van der Waals surface area contributed by atoms with E-state index in [0.29, 0.717) is 24.4 Å². The van der Waals surface area contributed by atoms with Gasteiger partial charge in [-0.05, 0) is 100 Å². The molecule has 1 atom stereocenters. The van der Waals surface area contributed by atoms with Gasteiger partial charge in [-0.15, -0.1) is 0 Å². The van der Waals surface area contributed by atoms with Crippen LogP contribution in [-0.4, -0.2) is 30.4 Å². The standard InChI is InChI=1S/C29H42O4/c1-3-5-9-26(33-22-24-12-16-29(17-13-24)14-7-15-29)20-23(4-2)19-25-8-6-18-32-27(21-25)10-11-28(30)31/h3-5,8-9,20,24,27H,2,6-7,10-19,21-22H2,1H3,(H,30,31)/b5-3+,23-20+,26-9+/t27-/m0/s1. The van der Waals surface area contributed by atoms with E-state index in [1.54, 1.807) is 0 Å². The average Bonchev–Trinajstić information content (AvgIpc) is 3.03. The van der Waals surface area contributed by atoms with E-state index >= 15 is 0 Å². The maximum Gasteiger partial charge on any atom is 0.303 e. The minimum atomic E-state index is -0.767. The molecule has 3 aliphatic rings. The molecule has 3 rings (SSSR count). The highest BCUT2D eigenvalue weighted by Gasteiger charge is 2.39. The molecule has 0 amide bonds. The third-order valence-electron chi connectivity index (χ3n) is 7.61. The number of hydrogen-bond donors (Lipinski definition) is 1. The van der Waals surface area contributed by atoms with E-state index in [9.17, 15) is 4.79 Å². The van der Waals surface area contributed by atoms with Gasteiger partial charge in [-0.25, -0.2) is 0 Å². The summed E-state index contributed by atoms with van der Waals surface area (Å²) in [4.78, 5) is 10.9. The second-order valence-corrected chi connectivity index (χ2v) is 10.1. The van der Waals surface area contributed by atoms with Crippen LogP contribution < -0.4 is 0 Å². The molecule has 2 aliphatic carbocycles. The molecule has 33 heavy (non-hydrogen) atoms. The summed E-state index contributed by atoms with van der Waals surface area (Å²) in [5.74, 6) is 0.777. The summed E-state index contributed by atoms with van der Waals surface area (Å²) in [6, 6.07) is 0. The Hall–Kier alpha value is -2.07. The Morgan fingerprint density at radius 3 is 2.73 bits per heavy atom. The number of allylic oxidation sites excluding steroid dienone is 6. The Morgan fingerprint density at radius 1 is 1.30 bits per heavy atom. The molecule has 0 radical (unpaired) electrons. The molecule has 0 aromatic carbocycles. The van der Waals surface area contributed by atoms with Crippen LogP contribution in [0.25, 0.3) is 0 Å². The maximum atomic E-state index is 10.9. The van der Waals surface area contributed by atoms with Gasteiger partial charge in [0, 0.05) is 6.42 Å². The van der Waals surface area contributed by atoms with Crippen molar-refractivity contribution in [1.82, 2.24) is 0 Å². The van der Waals surface area contributed by atoms with Crippen LogP contribution in [0.2, 0.25) is 0 Å². The third-order valence-corrected chi connectivity index (χ3v) is 7.61. The van der Waals surface area contributed by atoms with Crippen LogP contribution in [0.1, 0.15) is 84.0 Å². The molecule has 0 bridgehead atoms. The number of carboxylic acids is 1. The van der Waals surface area contributed by atoms with Crippen LogP contribution >= 0.6 is 0 Å². The fourth-order valence-corrected chi connectivity index (χ4v) is 5.35. The molecule has 1 aliphatic heterocycles.